The summed E-state index contributed by atoms with van der Waals surface area (Å²) in [4.78, 5) is 32.7. The molecule has 2 heterocycles. The van der Waals surface area contributed by atoms with Gasteiger partial charge in [-0.05, 0) is 48.7 Å². The molecular weight excluding hydrogens is 491 g/mol. The molecule has 1 atom stereocenters. The molecule has 1 aliphatic heterocycles. The van der Waals surface area contributed by atoms with E-state index in [1.54, 1.807) is 48.5 Å². The fraction of sp³-hybridized carbons (Fsp3) is 0.115. The average molecular weight is 509 g/mol. The van der Waals surface area contributed by atoms with Crippen LogP contribution in [0.1, 0.15) is 28.3 Å². The summed E-state index contributed by atoms with van der Waals surface area (Å²) in [5, 5.41) is 12.1. The van der Waals surface area contributed by atoms with Gasteiger partial charge in [-0.2, -0.15) is 0 Å². The molecule has 1 saturated heterocycles. The van der Waals surface area contributed by atoms with Crippen molar-refractivity contribution in [1.82, 2.24) is 4.98 Å². The fourth-order valence-electron chi connectivity index (χ4n) is 4.24. The summed E-state index contributed by atoms with van der Waals surface area (Å²) in [6.07, 6.45) is 0. The lowest BCUT2D eigenvalue weighted by Crippen LogP contribution is -2.29. The normalized spacial score (nSPS) is 17.6. The van der Waals surface area contributed by atoms with Gasteiger partial charge in [0.05, 0.1) is 31.9 Å². The standard InChI is InChI=1S/C26H18Cl2N2O3S/c1-13-10-14(2)21-19(11-13)34-26(29-21)30-22(16-8-9-17(27)18(28)12-16)20(24(32)25(30)33)23(31)15-6-4-3-5-7-15/h3-12,22,31H,1-2H3. The van der Waals surface area contributed by atoms with Crippen LogP contribution in [0.2, 0.25) is 10.0 Å². The van der Waals surface area contributed by atoms with Crippen LogP contribution in [-0.4, -0.2) is 21.8 Å². The number of aliphatic hydroxyl groups excluding tert-OH is 1. The first-order valence-corrected chi connectivity index (χ1v) is 12.0. The lowest BCUT2D eigenvalue weighted by atomic mass is 9.95. The Morgan fingerprint density at radius 2 is 1.74 bits per heavy atom. The SMILES string of the molecule is Cc1cc(C)c2nc(N3C(=O)C(=O)C(=C(O)c4ccccc4)C3c3ccc(Cl)c(Cl)c3)sc2c1. The van der Waals surface area contributed by atoms with Gasteiger partial charge < -0.3 is 5.11 Å². The van der Waals surface area contributed by atoms with E-state index in [0.717, 1.165) is 21.3 Å². The van der Waals surface area contributed by atoms with Crippen molar-refractivity contribution < 1.29 is 14.7 Å². The maximum atomic E-state index is 13.4. The maximum absolute atomic E-state index is 13.4. The highest BCUT2D eigenvalue weighted by molar-refractivity contribution is 7.22. The van der Waals surface area contributed by atoms with Crippen LogP contribution in [0.3, 0.4) is 0 Å². The Hall–Kier alpha value is -3.19. The van der Waals surface area contributed by atoms with Crippen LogP contribution < -0.4 is 4.90 Å². The lowest BCUT2D eigenvalue weighted by Gasteiger charge is -2.23. The summed E-state index contributed by atoms with van der Waals surface area (Å²) in [6.45, 7) is 3.95. The van der Waals surface area contributed by atoms with E-state index in [0.29, 0.717) is 21.3 Å². The molecule has 0 saturated carbocycles. The predicted octanol–water partition coefficient (Wildman–Crippen LogP) is 6.85. The van der Waals surface area contributed by atoms with Gasteiger partial charge in [-0.3, -0.25) is 14.5 Å². The lowest BCUT2D eigenvalue weighted by molar-refractivity contribution is -0.132. The molecule has 8 heteroatoms. The Kier molecular flexibility index (Phi) is 5.68. The molecule has 5 nitrogen and oxygen atoms in total. The molecular formula is C26H18Cl2N2O3S. The fourth-order valence-corrected chi connectivity index (χ4v) is 5.72. The maximum Gasteiger partial charge on any atom is 0.301 e. The number of carbonyl (C=O) groups is 2. The molecule has 1 amide bonds. The minimum atomic E-state index is -0.920. The largest absolute Gasteiger partial charge is 0.507 e. The number of fused-ring (bicyclic) bond motifs is 1. The van der Waals surface area contributed by atoms with Crippen molar-refractivity contribution in [1.29, 1.82) is 0 Å². The van der Waals surface area contributed by atoms with Crippen molar-refractivity contribution in [2.75, 3.05) is 4.90 Å². The highest BCUT2D eigenvalue weighted by Crippen LogP contribution is 2.45. The second-order valence-electron chi connectivity index (χ2n) is 8.13. The van der Waals surface area contributed by atoms with Crippen LogP contribution in [0.15, 0.2) is 66.2 Å². The van der Waals surface area contributed by atoms with Crippen molar-refractivity contribution >= 4 is 67.3 Å². The van der Waals surface area contributed by atoms with Crippen LogP contribution in [0, 0.1) is 13.8 Å². The molecule has 170 valence electrons. The molecule has 1 unspecified atom stereocenters. The van der Waals surface area contributed by atoms with Crippen molar-refractivity contribution in [3.8, 4) is 0 Å². The Bertz CT molecular complexity index is 1510. The summed E-state index contributed by atoms with van der Waals surface area (Å²) < 4.78 is 0.908. The molecule has 0 spiro atoms. The van der Waals surface area contributed by atoms with E-state index in [1.165, 1.54) is 16.2 Å². The molecule has 1 aliphatic rings. The summed E-state index contributed by atoms with van der Waals surface area (Å²) in [5.41, 5.74) is 3.77. The zero-order chi connectivity index (χ0) is 24.1. The number of hydrogen-bond acceptors (Lipinski definition) is 5. The third-order valence-corrected chi connectivity index (χ3v) is 7.52. The number of carbonyl (C=O) groups excluding carboxylic acids is 2. The first-order valence-electron chi connectivity index (χ1n) is 10.5. The first kappa shape index (κ1) is 22.6. The topological polar surface area (TPSA) is 70.5 Å². The molecule has 3 aromatic carbocycles. The van der Waals surface area contributed by atoms with Crippen molar-refractivity contribution in [2.24, 2.45) is 0 Å². The second-order valence-corrected chi connectivity index (χ2v) is 9.96. The summed E-state index contributed by atoms with van der Waals surface area (Å²) in [5.74, 6) is -1.81. The van der Waals surface area contributed by atoms with Gasteiger partial charge in [0, 0.05) is 5.56 Å². The number of ketones is 1. The van der Waals surface area contributed by atoms with Crippen LogP contribution in [0.4, 0.5) is 5.13 Å². The number of rotatable bonds is 3. The van der Waals surface area contributed by atoms with Gasteiger partial charge in [0.15, 0.2) is 5.13 Å². The van der Waals surface area contributed by atoms with Crippen molar-refractivity contribution in [3.63, 3.8) is 0 Å². The summed E-state index contributed by atoms with van der Waals surface area (Å²) >= 11 is 13.7. The average Bonchev–Trinajstić information content (AvgIpc) is 3.34. The number of amides is 1. The number of aryl methyl sites for hydroxylation is 2. The Balaban J connectivity index is 1.76. The minimum Gasteiger partial charge on any atom is -0.507 e. The number of benzene rings is 3. The van der Waals surface area contributed by atoms with Crippen LogP contribution in [-0.2, 0) is 9.59 Å². The van der Waals surface area contributed by atoms with E-state index in [-0.39, 0.29) is 16.4 Å². The third-order valence-electron chi connectivity index (χ3n) is 5.78. The summed E-state index contributed by atoms with van der Waals surface area (Å²) in [6, 6.07) is 16.7. The van der Waals surface area contributed by atoms with E-state index < -0.39 is 17.7 Å². The quantitative estimate of drug-likeness (QED) is 0.186. The number of aromatic nitrogens is 1. The zero-order valence-corrected chi connectivity index (χ0v) is 20.5. The second kappa shape index (κ2) is 8.55. The molecule has 1 aromatic heterocycles. The van der Waals surface area contributed by atoms with Gasteiger partial charge in [-0.25, -0.2) is 4.98 Å². The van der Waals surface area contributed by atoms with Gasteiger partial charge in [0.25, 0.3) is 5.78 Å². The molecule has 34 heavy (non-hydrogen) atoms. The number of anilines is 1. The Morgan fingerprint density at radius 3 is 2.44 bits per heavy atom. The molecule has 0 aliphatic carbocycles. The van der Waals surface area contributed by atoms with Gasteiger partial charge in [0.1, 0.15) is 5.76 Å². The minimum absolute atomic E-state index is 0.0262. The number of aliphatic hydroxyl groups is 1. The molecule has 0 bridgehead atoms. The summed E-state index contributed by atoms with van der Waals surface area (Å²) in [7, 11) is 0. The number of hydrogen-bond donors (Lipinski definition) is 1. The van der Waals surface area contributed by atoms with Crippen molar-refractivity contribution in [3.05, 3.63) is 98.5 Å². The Morgan fingerprint density at radius 1 is 1.00 bits per heavy atom. The smallest absolute Gasteiger partial charge is 0.301 e. The van der Waals surface area contributed by atoms with Crippen LogP contribution in [0.5, 0.6) is 0 Å². The van der Waals surface area contributed by atoms with Crippen LogP contribution in [0.25, 0.3) is 16.0 Å². The van der Waals surface area contributed by atoms with E-state index in [1.807, 2.05) is 26.0 Å². The van der Waals surface area contributed by atoms with Crippen LogP contribution >= 0.6 is 34.5 Å². The molecule has 4 aromatic rings. The zero-order valence-electron chi connectivity index (χ0n) is 18.2. The molecule has 1 N–H and O–H groups in total. The van der Waals surface area contributed by atoms with Gasteiger partial charge >= 0.3 is 5.91 Å². The van der Waals surface area contributed by atoms with E-state index in [9.17, 15) is 14.7 Å². The molecule has 0 radical (unpaired) electrons. The Labute approximate surface area is 209 Å². The molecule has 5 rings (SSSR count). The van der Waals surface area contributed by atoms with E-state index in [2.05, 4.69) is 0 Å². The number of halogens is 2. The number of Topliss-reactive ketones (excluding diaryl/α,β-unsaturated/α-hetero) is 1. The third kappa shape index (κ3) is 3.68. The van der Waals surface area contributed by atoms with Gasteiger partial charge in [0.2, 0.25) is 0 Å². The predicted molar refractivity (Wildman–Crippen MR) is 137 cm³/mol. The number of thiazole rings is 1. The number of nitrogens with zero attached hydrogens (tertiary/aromatic N) is 2. The highest BCUT2D eigenvalue weighted by atomic mass is 35.5. The monoisotopic (exact) mass is 508 g/mol. The van der Waals surface area contributed by atoms with E-state index >= 15 is 0 Å². The molecule has 1 fully saturated rings. The van der Waals surface area contributed by atoms with Crippen molar-refractivity contribution in [2.45, 2.75) is 19.9 Å². The van der Waals surface area contributed by atoms with E-state index in [4.69, 9.17) is 28.2 Å². The highest BCUT2D eigenvalue weighted by Gasteiger charge is 2.48. The first-order chi connectivity index (χ1) is 16.3. The van der Waals surface area contributed by atoms with Gasteiger partial charge in [-0.1, -0.05) is 77.0 Å². The van der Waals surface area contributed by atoms with Gasteiger partial charge in [-0.15, -0.1) is 0 Å².